The van der Waals surface area contributed by atoms with Gasteiger partial charge in [-0.15, -0.1) is 0 Å². The molecule has 1 aromatic carbocycles. The van der Waals surface area contributed by atoms with Gasteiger partial charge in [0.2, 0.25) is 0 Å². The van der Waals surface area contributed by atoms with Crippen LogP contribution in [0.15, 0.2) is 24.3 Å². The number of aromatic nitrogens is 1. The molecular weight excluding hydrogens is 321 g/mol. The van der Waals surface area contributed by atoms with Gasteiger partial charge in [-0.3, -0.25) is 0 Å². The van der Waals surface area contributed by atoms with Gasteiger partial charge in [-0.1, -0.05) is 6.07 Å². The minimum Gasteiger partial charge on any atom is -0.444 e. The highest BCUT2D eigenvalue weighted by molar-refractivity contribution is 5.81. The first kappa shape index (κ1) is 16.7. The number of ether oxygens (including phenoxy) is 1. The number of nitrogens with zero attached hydrogens (tertiary/aromatic N) is 1. The summed E-state index contributed by atoms with van der Waals surface area (Å²) in [6, 6.07) is 5.49. The molecule has 4 nitrogen and oxygen atoms in total. The van der Waals surface area contributed by atoms with Crippen molar-refractivity contribution in [1.29, 1.82) is 0 Å². The lowest BCUT2D eigenvalue weighted by molar-refractivity contribution is -0.137. The molecule has 0 saturated carbocycles. The second-order valence-electron chi connectivity index (χ2n) is 7.11. The van der Waals surface area contributed by atoms with Crippen molar-refractivity contribution in [3.63, 3.8) is 0 Å². The van der Waals surface area contributed by atoms with Gasteiger partial charge in [-0.05, 0) is 44.4 Å². The molecule has 1 fully saturated rings. The fraction of sp³-hybridized carbons (Fsp3) is 0.471. The Morgan fingerprint density at radius 3 is 2.46 bits per heavy atom. The van der Waals surface area contributed by atoms with Crippen molar-refractivity contribution < 1.29 is 22.7 Å². The fourth-order valence-electron chi connectivity index (χ4n) is 2.70. The van der Waals surface area contributed by atoms with Gasteiger partial charge >= 0.3 is 12.3 Å². The summed E-state index contributed by atoms with van der Waals surface area (Å²) in [5, 5.41) is 0.730. The Balaban J connectivity index is 1.70. The average molecular weight is 340 g/mol. The number of aromatic amines is 1. The van der Waals surface area contributed by atoms with Gasteiger partial charge in [0.05, 0.1) is 5.56 Å². The number of amides is 1. The largest absolute Gasteiger partial charge is 0.444 e. The number of hydrogen-bond donors (Lipinski definition) is 1. The van der Waals surface area contributed by atoms with E-state index >= 15 is 0 Å². The van der Waals surface area contributed by atoms with Crippen LogP contribution in [-0.4, -0.2) is 34.7 Å². The maximum absolute atomic E-state index is 12.8. The maximum atomic E-state index is 12.8. The van der Waals surface area contributed by atoms with Crippen molar-refractivity contribution in [2.24, 2.45) is 0 Å². The summed E-state index contributed by atoms with van der Waals surface area (Å²) in [6.07, 6.45) is -4.72. The molecule has 1 amide bonds. The number of halogens is 3. The topological polar surface area (TPSA) is 45.3 Å². The molecule has 0 unspecified atom stereocenters. The monoisotopic (exact) mass is 340 g/mol. The van der Waals surface area contributed by atoms with Crippen LogP contribution in [0.5, 0.6) is 0 Å². The molecule has 0 bridgehead atoms. The van der Waals surface area contributed by atoms with Crippen LogP contribution < -0.4 is 0 Å². The summed E-state index contributed by atoms with van der Waals surface area (Å²) in [5.74, 6) is 0.0826. The van der Waals surface area contributed by atoms with Crippen LogP contribution >= 0.6 is 0 Å². The first-order chi connectivity index (χ1) is 11.0. The van der Waals surface area contributed by atoms with E-state index in [1.807, 2.05) is 6.07 Å². The first-order valence-electron chi connectivity index (χ1n) is 7.71. The van der Waals surface area contributed by atoms with E-state index in [1.54, 1.807) is 25.7 Å². The van der Waals surface area contributed by atoms with Crippen LogP contribution in [0.2, 0.25) is 0 Å². The lowest BCUT2D eigenvalue weighted by Gasteiger charge is -2.39. The Kier molecular flexibility index (Phi) is 3.77. The number of likely N-dealkylation sites (tertiary alicyclic amines) is 1. The second kappa shape index (κ2) is 5.43. The van der Waals surface area contributed by atoms with Gasteiger partial charge in [-0.2, -0.15) is 13.2 Å². The minimum atomic E-state index is -4.36. The second-order valence-corrected chi connectivity index (χ2v) is 7.11. The first-order valence-corrected chi connectivity index (χ1v) is 7.71. The van der Waals surface area contributed by atoms with Crippen molar-refractivity contribution in [3.05, 3.63) is 35.5 Å². The summed E-state index contributed by atoms with van der Waals surface area (Å²) in [7, 11) is 0. The number of fused-ring (bicyclic) bond motifs is 1. The highest BCUT2D eigenvalue weighted by Crippen LogP contribution is 2.34. The molecule has 7 heteroatoms. The normalized spacial score (nSPS) is 16.3. The highest BCUT2D eigenvalue weighted by atomic mass is 19.4. The number of benzene rings is 1. The van der Waals surface area contributed by atoms with Crippen molar-refractivity contribution in [2.75, 3.05) is 13.1 Å². The van der Waals surface area contributed by atoms with Crippen LogP contribution in [0.1, 0.15) is 37.9 Å². The number of carbonyl (C=O) groups is 1. The van der Waals surface area contributed by atoms with Crippen LogP contribution in [0.25, 0.3) is 10.9 Å². The molecule has 0 spiro atoms. The molecule has 24 heavy (non-hydrogen) atoms. The SMILES string of the molecule is CC(C)(C)OC(=O)N1CC(c2cc3ccc(C(F)(F)F)cc3[nH]2)C1. The lowest BCUT2D eigenvalue weighted by atomic mass is 9.97. The molecule has 1 aliphatic heterocycles. The zero-order valence-corrected chi connectivity index (χ0v) is 13.7. The van der Waals surface area contributed by atoms with Gasteiger partial charge < -0.3 is 14.6 Å². The number of H-pyrrole nitrogens is 1. The number of nitrogens with one attached hydrogen (secondary N) is 1. The van der Waals surface area contributed by atoms with Crippen LogP contribution in [0, 0.1) is 0 Å². The number of hydrogen-bond acceptors (Lipinski definition) is 2. The predicted octanol–water partition coefficient (Wildman–Crippen LogP) is 4.52. The Bertz CT molecular complexity index is 768. The van der Waals surface area contributed by atoms with E-state index in [0.29, 0.717) is 18.6 Å². The molecule has 1 saturated heterocycles. The van der Waals surface area contributed by atoms with Gasteiger partial charge in [0.15, 0.2) is 0 Å². The van der Waals surface area contributed by atoms with Gasteiger partial charge in [0.1, 0.15) is 5.60 Å². The van der Waals surface area contributed by atoms with Crippen molar-refractivity contribution >= 4 is 17.0 Å². The van der Waals surface area contributed by atoms with E-state index in [2.05, 4.69) is 4.98 Å². The van der Waals surface area contributed by atoms with Crippen LogP contribution in [0.4, 0.5) is 18.0 Å². The van der Waals surface area contributed by atoms with E-state index in [-0.39, 0.29) is 12.0 Å². The van der Waals surface area contributed by atoms with E-state index < -0.39 is 17.3 Å². The van der Waals surface area contributed by atoms with Gasteiger partial charge in [-0.25, -0.2) is 4.79 Å². The van der Waals surface area contributed by atoms with E-state index in [1.165, 1.54) is 6.07 Å². The molecule has 2 heterocycles. The quantitative estimate of drug-likeness (QED) is 0.829. The van der Waals surface area contributed by atoms with Crippen molar-refractivity contribution in [2.45, 2.75) is 38.5 Å². The number of rotatable bonds is 1. The standard InChI is InChI=1S/C17H19F3N2O2/c1-16(2,3)24-15(23)22-8-11(9-22)13-6-10-4-5-12(17(18,19)20)7-14(10)21-13/h4-7,11,21H,8-9H2,1-3H3. The molecule has 0 radical (unpaired) electrons. The molecule has 0 aliphatic carbocycles. The molecule has 1 aliphatic rings. The maximum Gasteiger partial charge on any atom is 0.416 e. The summed E-state index contributed by atoms with van der Waals surface area (Å²) in [4.78, 5) is 16.5. The third-order valence-electron chi connectivity index (χ3n) is 3.94. The minimum absolute atomic E-state index is 0.0826. The predicted molar refractivity (Wildman–Crippen MR) is 83.8 cm³/mol. The molecule has 3 rings (SSSR count). The summed E-state index contributed by atoms with van der Waals surface area (Å²) in [6.45, 7) is 6.40. The molecule has 2 aromatic rings. The van der Waals surface area contributed by atoms with Crippen LogP contribution in [0.3, 0.4) is 0 Å². The third-order valence-corrected chi connectivity index (χ3v) is 3.94. The lowest BCUT2D eigenvalue weighted by Crippen LogP contribution is -2.50. The Morgan fingerprint density at radius 1 is 1.21 bits per heavy atom. The third kappa shape index (κ3) is 3.34. The van der Waals surface area contributed by atoms with Gasteiger partial charge in [0.25, 0.3) is 0 Å². The fourth-order valence-corrected chi connectivity index (χ4v) is 2.70. The average Bonchev–Trinajstić information content (AvgIpc) is 2.75. The highest BCUT2D eigenvalue weighted by Gasteiger charge is 2.36. The summed E-state index contributed by atoms with van der Waals surface area (Å²) >= 11 is 0. The van der Waals surface area contributed by atoms with Crippen LogP contribution in [-0.2, 0) is 10.9 Å². The summed E-state index contributed by atoms with van der Waals surface area (Å²) < 4.78 is 43.6. The van der Waals surface area contributed by atoms with Gasteiger partial charge in [0, 0.05) is 30.2 Å². The Hall–Kier alpha value is -2.18. The Morgan fingerprint density at radius 2 is 1.88 bits per heavy atom. The molecular formula is C17H19F3N2O2. The number of alkyl halides is 3. The molecule has 1 N–H and O–H groups in total. The van der Waals surface area contributed by atoms with E-state index in [0.717, 1.165) is 23.2 Å². The Labute approximate surface area is 137 Å². The van der Waals surface area contributed by atoms with E-state index in [9.17, 15) is 18.0 Å². The summed E-state index contributed by atoms with van der Waals surface area (Å²) in [5.41, 5.74) is 0.0733. The zero-order valence-electron chi connectivity index (χ0n) is 13.7. The smallest absolute Gasteiger partial charge is 0.416 e. The molecule has 0 atom stereocenters. The number of carbonyl (C=O) groups excluding carboxylic acids is 1. The molecule has 1 aromatic heterocycles. The van der Waals surface area contributed by atoms with E-state index in [4.69, 9.17) is 4.74 Å². The zero-order chi connectivity index (χ0) is 17.7. The van der Waals surface area contributed by atoms with Crippen molar-refractivity contribution in [3.8, 4) is 0 Å². The molecule has 130 valence electrons. The van der Waals surface area contributed by atoms with Crippen molar-refractivity contribution in [1.82, 2.24) is 9.88 Å².